The molecule has 0 aliphatic heterocycles. The van der Waals surface area contributed by atoms with Gasteiger partial charge in [-0.15, -0.1) is 0 Å². The molecule has 5 N–H and O–H groups in total. The van der Waals surface area contributed by atoms with Crippen molar-refractivity contribution in [2.24, 2.45) is 11.5 Å². The molecule has 0 radical (unpaired) electrons. The maximum atomic E-state index is 10.4. The summed E-state index contributed by atoms with van der Waals surface area (Å²) in [7, 11) is -4.27. The lowest BCUT2D eigenvalue weighted by Crippen LogP contribution is -2.15. The van der Waals surface area contributed by atoms with Crippen LogP contribution in [0.15, 0.2) is 23.1 Å². The summed E-state index contributed by atoms with van der Waals surface area (Å²) in [5, 5.41) is 0. The van der Waals surface area contributed by atoms with Crippen molar-refractivity contribution in [3.8, 4) is 0 Å². The lowest BCUT2D eigenvalue weighted by molar-refractivity contribution is -0.115. The molecule has 0 rings (SSSR count). The van der Waals surface area contributed by atoms with Crippen molar-refractivity contribution >= 4 is 21.9 Å². The third kappa shape index (κ3) is 7.71. The highest BCUT2D eigenvalue weighted by molar-refractivity contribution is 7.89. The molecule has 0 aliphatic rings. The third-order valence-electron chi connectivity index (χ3n) is 1.49. The monoisotopic (exact) mass is 250 g/mol. The van der Waals surface area contributed by atoms with Crippen molar-refractivity contribution in [1.82, 2.24) is 0 Å². The maximum absolute atomic E-state index is 10.4. The van der Waals surface area contributed by atoms with E-state index >= 15 is 0 Å². The number of primary amides is 2. The number of hydrogen-bond donors (Lipinski definition) is 3. The van der Waals surface area contributed by atoms with Crippen LogP contribution in [0.2, 0.25) is 0 Å². The van der Waals surface area contributed by atoms with Crippen LogP contribution in [-0.4, -0.2) is 24.8 Å². The van der Waals surface area contributed by atoms with Crippen LogP contribution in [0, 0.1) is 0 Å². The second-order valence-electron chi connectivity index (χ2n) is 2.63. The van der Waals surface area contributed by atoms with E-state index in [4.69, 9.17) is 10.3 Å². The van der Waals surface area contributed by atoms with Crippen molar-refractivity contribution in [3.05, 3.63) is 23.1 Å². The molecule has 16 heavy (non-hydrogen) atoms. The van der Waals surface area contributed by atoms with E-state index in [2.05, 4.69) is 12.3 Å². The predicted octanol–water partition coefficient (Wildman–Crippen LogP) is -0.689. The van der Waals surface area contributed by atoms with E-state index in [1.807, 2.05) is 0 Å². The number of nitrogens with two attached hydrogens (primary N) is 2. The average molecular weight is 250 g/mol. The first kappa shape index (κ1) is 16.7. The van der Waals surface area contributed by atoms with Gasteiger partial charge in [0.15, 0.2) is 0 Å². The average Bonchev–Trinajstić information content (AvgIpc) is 2.14. The van der Waals surface area contributed by atoms with E-state index in [0.29, 0.717) is 0 Å². The van der Waals surface area contributed by atoms with E-state index in [1.165, 1.54) is 6.92 Å². The minimum Gasteiger partial charge on any atom is -0.366 e. The Hall–Kier alpha value is -1.67. The molecule has 0 atom stereocenters. The number of carbonyl (C=O) groups excluding carboxylic acids is 2. The van der Waals surface area contributed by atoms with Gasteiger partial charge in [0.2, 0.25) is 11.8 Å². The highest BCUT2D eigenvalue weighted by Gasteiger charge is 2.14. The Morgan fingerprint density at radius 3 is 1.62 bits per heavy atom. The zero-order chi connectivity index (χ0) is 13.5. The van der Waals surface area contributed by atoms with Gasteiger partial charge in [0.05, 0.1) is 4.91 Å². The van der Waals surface area contributed by atoms with Gasteiger partial charge in [-0.05, 0) is 19.9 Å². The minimum atomic E-state index is -4.27. The fourth-order valence-electron chi connectivity index (χ4n) is 0.367. The van der Waals surface area contributed by atoms with Gasteiger partial charge in [0, 0.05) is 5.57 Å². The zero-order valence-corrected chi connectivity index (χ0v) is 9.74. The molecule has 0 bridgehead atoms. The van der Waals surface area contributed by atoms with Crippen LogP contribution in [0.3, 0.4) is 0 Å². The molecule has 2 amide bonds. The summed E-state index contributed by atoms with van der Waals surface area (Å²) >= 11 is 0. The Balaban J connectivity index is 0. The Morgan fingerprint density at radius 2 is 1.56 bits per heavy atom. The molecule has 0 fully saturated rings. The molecular formula is C8H14N2O5S. The molecule has 0 unspecified atom stereocenters. The first-order chi connectivity index (χ1) is 7.03. The molecule has 0 spiro atoms. The quantitative estimate of drug-likeness (QED) is 0.449. The lowest BCUT2D eigenvalue weighted by atomic mass is 10.3. The first-order valence-electron chi connectivity index (χ1n) is 3.90. The molecule has 0 aliphatic carbocycles. The number of amides is 2. The van der Waals surface area contributed by atoms with Crippen LogP contribution in [-0.2, 0) is 19.7 Å². The highest BCUT2D eigenvalue weighted by Crippen LogP contribution is 2.08. The summed E-state index contributed by atoms with van der Waals surface area (Å²) in [5.74, 6) is -1.34. The molecule has 92 valence electrons. The summed E-state index contributed by atoms with van der Waals surface area (Å²) in [6.45, 7) is 5.42. The van der Waals surface area contributed by atoms with Crippen LogP contribution >= 0.6 is 0 Å². The fourth-order valence-corrected chi connectivity index (χ4v) is 0.854. The third-order valence-corrected chi connectivity index (χ3v) is 2.57. The van der Waals surface area contributed by atoms with Crippen LogP contribution < -0.4 is 11.5 Å². The molecule has 0 saturated carbocycles. The second-order valence-corrected chi connectivity index (χ2v) is 4.19. The van der Waals surface area contributed by atoms with Crippen LogP contribution in [0.4, 0.5) is 0 Å². The van der Waals surface area contributed by atoms with Crippen LogP contribution in [0.5, 0.6) is 0 Å². The number of allylic oxidation sites excluding steroid dienone is 1. The Labute approximate surface area is 93.6 Å². The molecule has 0 aromatic heterocycles. The fraction of sp³-hybridized carbons (Fsp3) is 0.250. The van der Waals surface area contributed by atoms with Crippen LogP contribution in [0.25, 0.3) is 0 Å². The second kappa shape index (κ2) is 6.75. The molecule has 7 nitrogen and oxygen atoms in total. The van der Waals surface area contributed by atoms with Gasteiger partial charge in [-0.2, -0.15) is 8.42 Å². The van der Waals surface area contributed by atoms with Gasteiger partial charge in [0.1, 0.15) is 0 Å². The SMILES string of the molecule is C/C(C(N)=O)=C(/C)S(=O)(=O)O.C=CC(N)=O. The summed E-state index contributed by atoms with van der Waals surface area (Å²) in [6.07, 6.45) is 1.06. The number of rotatable bonds is 3. The Kier molecular flexibility index (Phi) is 7.06. The normalized spacial score (nSPS) is 11.7. The highest BCUT2D eigenvalue weighted by atomic mass is 32.2. The summed E-state index contributed by atoms with van der Waals surface area (Å²) in [5.41, 5.74) is 9.14. The molecule has 0 aromatic carbocycles. The number of carbonyl (C=O) groups is 2. The van der Waals surface area contributed by atoms with Crippen molar-refractivity contribution in [1.29, 1.82) is 0 Å². The van der Waals surface area contributed by atoms with Crippen molar-refractivity contribution in [3.63, 3.8) is 0 Å². The van der Waals surface area contributed by atoms with E-state index in [1.54, 1.807) is 0 Å². The van der Waals surface area contributed by atoms with Gasteiger partial charge in [0.25, 0.3) is 10.1 Å². The predicted molar refractivity (Wildman–Crippen MR) is 58.5 cm³/mol. The molecule has 8 heteroatoms. The van der Waals surface area contributed by atoms with Gasteiger partial charge in [-0.3, -0.25) is 14.1 Å². The summed E-state index contributed by atoms with van der Waals surface area (Å²) < 4.78 is 29.1. The standard InChI is InChI=1S/C5H9NO4S.C3H5NO/c1-3(5(6)7)4(2)11(8,9)10;1-2-3(4)5/h1-2H3,(H2,6,7)(H,8,9,10);2H,1H2,(H2,4,5)/b4-3+;. The maximum Gasteiger partial charge on any atom is 0.290 e. The van der Waals surface area contributed by atoms with Gasteiger partial charge in [-0.25, -0.2) is 0 Å². The zero-order valence-electron chi connectivity index (χ0n) is 8.93. The Bertz CT molecular complexity index is 422. The summed E-state index contributed by atoms with van der Waals surface area (Å²) in [4.78, 5) is 19.4. The Morgan fingerprint density at radius 1 is 1.25 bits per heavy atom. The molecule has 0 saturated heterocycles. The van der Waals surface area contributed by atoms with Crippen molar-refractivity contribution in [2.75, 3.05) is 0 Å². The van der Waals surface area contributed by atoms with Gasteiger partial charge < -0.3 is 11.5 Å². The van der Waals surface area contributed by atoms with Crippen LogP contribution in [0.1, 0.15) is 13.8 Å². The largest absolute Gasteiger partial charge is 0.366 e. The summed E-state index contributed by atoms with van der Waals surface area (Å²) in [6, 6.07) is 0. The molecular weight excluding hydrogens is 236 g/mol. The minimum absolute atomic E-state index is 0.160. The van der Waals surface area contributed by atoms with E-state index < -0.39 is 26.8 Å². The van der Waals surface area contributed by atoms with Crippen molar-refractivity contribution < 1.29 is 22.6 Å². The smallest absolute Gasteiger partial charge is 0.290 e. The van der Waals surface area contributed by atoms with E-state index in [9.17, 15) is 18.0 Å². The topological polar surface area (TPSA) is 141 Å². The van der Waals surface area contributed by atoms with Gasteiger partial charge >= 0.3 is 0 Å². The molecule has 0 heterocycles. The van der Waals surface area contributed by atoms with E-state index in [-0.39, 0.29) is 5.57 Å². The molecule has 0 aromatic rings. The van der Waals surface area contributed by atoms with Crippen molar-refractivity contribution in [2.45, 2.75) is 13.8 Å². The van der Waals surface area contributed by atoms with E-state index in [0.717, 1.165) is 13.0 Å². The first-order valence-corrected chi connectivity index (χ1v) is 5.34. The lowest BCUT2D eigenvalue weighted by Gasteiger charge is -1.98. The number of hydrogen-bond acceptors (Lipinski definition) is 4. The van der Waals surface area contributed by atoms with Gasteiger partial charge in [-0.1, -0.05) is 6.58 Å².